The summed E-state index contributed by atoms with van der Waals surface area (Å²) in [5.41, 5.74) is -0.476. The van der Waals surface area contributed by atoms with Crippen molar-refractivity contribution >= 4 is 17.8 Å². The van der Waals surface area contributed by atoms with Crippen LogP contribution in [0.3, 0.4) is 0 Å². The summed E-state index contributed by atoms with van der Waals surface area (Å²) < 4.78 is 10.3. The van der Waals surface area contributed by atoms with Gasteiger partial charge in [-0.3, -0.25) is 4.79 Å². The van der Waals surface area contributed by atoms with Crippen LogP contribution in [-0.2, 0) is 19.1 Å². The predicted octanol–water partition coefficient (Wildman–Crippen LogP) is 2.59. The van der Waals surface area contributed by atoms with Crippen molar-refractivity contribution in [2.45, 2.75) is 71.4 Å². The van der Waals surface area contributed by atoms with Crippen molar-refractivity contribution in [2.24, 2.45) is 11.3 Å². The lowest BCUT2D eigenvalue weighted by Crippen LogP contribution is -2.52. The Morgan fingerprint density at radius 3 is 2.48 bits per heavy atom. The summed E-state index contributed by atoms with van der Waals surface area (Å²) >= 11 is 0. The third kappa shape index (κ3) is 4.69. The van der Waals surface area contributed by atoms with Crippen molar-refractivity contribution in [1.82, 2.24) is 5.32 Å². The van der Waals surface area contributed by atoms with E-state index >= 15 is 0 Å². The summed E-state index contributed by atoms with van der Waals surface area (Å²) in [6, 6.07) is -0.963. The van der Waals surface area contributed by atoms with Gasteiger partial charge in [0.05, 0.1) is 6.61 Å². The highest BCUT2D eigenvalue weighted by molar-refractivity contribution is 5.91. The molecule has 0 bridgehead atoms. The molecule has 0 aliphatic heterocycles. The summed E-state index contributed by atoms with van der Waals surface area (Å²) in [5.74, 6) is -1.05. The van der Waals surface area contributed by atoms with Gasteiger partial charge < -0.3 is 14.8 Å². The fourth-order valence-corrected chi connectivity index (χ4v) is 3.18. The van der Waals surface area contributed by atoms with Gasteiger partial charge >= 0.3 is 12.1 Å². The maximum absolute atomic E-state index is 12.3. The Bertz CT molecular complexity index is 490. The number of ketones is 1. The Hall–Kier alpha value is -1.59. The fraction of sp³-hybridized carbons (Fsp3) is 0.824. The van der Waals surface area contributed by atoms with Gasteiger partial charge in [0.15, 0.2) is 0 Å². The number of esters is 1. The molecule has 2 rings (SSSR count). The van der Waals surface area contributed by atoms with Gasteiger partial charge in [-0.25, -0.2) is 9.59 Å². The lowest BCUT2D eigenvalue weighted by atomic mass is 9.75. The number of hydrogen-bond acceptors (Lipinski definition) is 5. The number of alkyl carbamates (subject to hydrolysis) is 1. The molecule has 0 radical (unpaired) electrons. The maximum Gasteiger partial charge on any atom is 0.408 e. The molecular weight excluding hydrogens is 298 g/mol. The Morgan fingerprint density at radius 1 is 1.30 bits per heavy atom. The van der Waals surface area contributed by atoms with Crippen molar-refractivity contribution in [3.8, 4) is 0 Å². The van der Waals surface area contributed by atoms with Crippen LogP contribution in [0.15, 0.2) is 0 Å². The van der Waals surface area contributed by atoms with E-state index in [9.17, 15) is 14.4 Å². The van der Waals surface area contributed by atoms with Crippen LogP contribution < -0.4 is 5.32 Å². The van der Waals surface area contributed by atoms with Crippen LogP contribution in [0.5, 0.6) is 0 Å². The van der Waals surface area contributed by atoms with E-state index in [1.807, 2.05) is 0 Å². The summed E-state index contributed by atoms with van der Waals surface area (Å²) in [7, 11) is 0. The second-order valence-corrected chi connectivity index (χ2v) is 7.65. The largest absolute Gasteiger partial charge is 0.464 e. The number of carbonyl (C=O) groups excluding carboxylic acids is 3. The minimum atomic E-state index is -0.963. The van der Waals surface area contributed by atoms with Gasteiger partial charge in [-0.2, -0.15) is 0 Å². The molecule has 0 heterocycles. The average molecular weight is 325 g/mol. The van der Waals surface area contributed by atoms with E-state index in [2.05, 4.69) is 5.32 Å². The van der Waals surface area contributed by atoms with E-state index in [4.69, 9.17) is 9.47 Å². The highest BCUT2D eigenvalue weighted by atomic mass is 16.6. The second kappa shape index (κ2) is 6.49. The first-order valence-electron chi connectivity index (χ1n) is 8.35. The Labute approximate surface area is 137 Å². The molecule has 6 nitrogen and oxygen atoms in total. The van der Waals surface area contributed by atoms with E-state index in [1.54, 1.807) is 27.7 Å². The molecule has 2 saturated carbocycles. The minimum Gasteiger partial charge on any atom is -0.464 e. The van der Waals surface area contributed by atoms with Gasteiger partial charge in [-0.15, -0.1) is 0 Å². The summed E-state index contributed by atoms with van der Waals surface area (Å²) in [6.07, 6.45) is 3.50. The molecule has 2 atom stereocenters. The van der Waals surface area contributed by atoms with Gasteiger partial charge in [0.1, 0.15) is 17.4 Å². The monoisotopic (exact) mass is 325 g/mol. The molecule has 0 aromatic heterocycles. The standard InChI is InChI=1S/C17H27NO5/c1-5-22-14(20)13(18-15(21)23-16(2,3)4)11-10-17(8-9-17)7-6-12(11)19/h11,13H,5-10H2,1-4H3,(H,18,21)/t11-,13?/m1/s1. The summed E-state index contributed by atoms with van der Waals surface area (Å²) in [4.78, 5) is 36.7. The highest BCUT2D eigenvalue weighted by Crippen LogP contribution is 2.57. The molecule has 2 fully saturated rings. The molecule has 0 aromatic rings. The number of amides is 1. The van der Waals surface area contributed by atoms with Crippen molar-refractivity contribution < 1.29 is 23.9 Å². The van der Waals surface area contributed by atoms with E-state index < -0.39 is 29.6 Å². The zero-order valence-corrected chi connectivity index (χ0v) is 14.4. The fourth-order valence-electron chi connectivity index (χ4n) is 3.18. The average Bonchev–Trinajstić information content (AvgIpc) is 3.17. The van der Waals surface area contributed by atoms with Gasteiger partial charge in [0, 0.05) is 12.3 Å². The quantitative estimate of drug-likeness (QED) is 0.803. The molecule has 0 aromatic carbocycles. The maximum atomic E-state index is 12.3. The van der Waals surface area contributed by atoms with Crippen LogP contribution in [0.4, 0.5) is 4.79 Å². The molecular formula is C17H27NO5. The van der Waals surface area contributed by atoms with Crippen molar-refractivity contribution in [3.05, 3.63) is 0 Å². The van der Waals surface area contributed by atoms with Crippen molar-refractivity contribution in [3.63, 3.8) is 0 Å². The van der Waals surface area contributed by atoms with Gasteiger partial charge in [0.2, 0.25) is 0 Å². The first kappa shape index (κ1) is 17.8. The number of rotatable bonds is 4. The topological polar surface area (TPSA) is 81.7 Å². The van der Waals surface area contributed by atoms with Gasteiger partial charge in [-0.05, 0) is 58.8 Å². The third-order valence-electron chi connectivity index (χ3n) is 4.54. The van der Waals surface area contributed by atoms with Crippen molar-refractivity contribution in [1.29, 1.82) is 0 Å². The van der Waals surface area contributed by atoms with E-state index in [0.717, 1.165) is 19.3 Å². The van der Waals surface area contributed by atoms with E-state index in [0.29, 0.717) is 12.8 Å². The molecule has 0 saturated heterocycles. The first-order chi connectivity index (χ1) is 10.7. The van der Waals surface area contributed by atoms with E-state index in [-0.39, 0.29) is 17.8 Å². The lowest BCUT2D eigenvalue weighted by Gasteiger charge is -2.33. The zero-order chi connectivity index (χ0) is 17.3. The van der Waals surface area contributed by atoms with Crippen LogP contribution in [0.2, 0.25) is 0 Å². The van der Waals surface area contributed by atoms with Crippen LogP contribution in [0.1, 0.15) is 59.8 Å². The van der Waals surface area contributed by atoms with Crippen LogP contribution in [0, 0.1) is 11.3 Å². The molecule has 1 N–H and O–H groups in total. The molecule has 1 spiro atoms. The van der Waals surface area contributed by atoms with Crippen LogP contribution >= 0.6 is 0 Å². The third-order valence-corrected chi connectivity index (χ3v) is 4.54. The molecule has 23 heavy (non-hydrogen) atoms. The number of ether oxygens (including phenoxy) is 2. The SMILES string of the molecule is CCOC(=O)C(NC(=O)OC(C)(C)C)[C@@H]1CC2(CCC1=O)CC2. The molecule has 2 aliphatic carbocycles. The number of Topliss-reactive ketones (excluding diaryl/α,β-unsaturated/α-hetero) is 1. The summed E-state index contributed by atoms with van der Waals surface area (Å²) in [5, 5.41) is 2.57. The number of hydrogen-bond donors (Lipinski definition) is 1. The second-order valence-electron chi connectivity index (χ2n) is 7.65. The highest BCUT2D eigenvalue weighted by Gasteiger charge is 2.52. The van der Waals surface area contributed by atoms with Gasteiger partial charge in [-0.1, -0.05) is 0 Å². The first-order valence-corrected chi connectivity index (χ1v) is 8.35. The number of carbonyl (C=O) groups is 3. The van der Waals surface area contributed by atoms with Crippen molar-refractivity contribution in [2.75, 3.05) is 6.61 Å². The molecule has 6 heteroatoms. The minimum absolute atomic E-state index is 0.0247. The predicted molar refractivity (Wildman–Crippen MR) is 83.8 cm³/mol. The smallest absolute Gasteiger partial charge is 0.408 e. The molecule has 130 valence electrons. The Morgan fingerprint density at radius 2 is 1.96 bits per heavy atom. The Kier molecular flexibility index (Phi) is 5.01. The number of nitrogens with one attached hydrogen (secondary N) is 1. The van der Waals surface area contributed by atoms with Crippen LogP contribution in [0.25, 0.3) is 0 Å². The molecule has 1 unspecified atom stereocenters. The summed E-state index contributed by atoms with van der Waals surface area (Å²) in [6.45, 7) is 7.15. The molecule has 2 aliphatic rings. The lowest BCUT2D eigenvalue weighted by molar-refractivity contribution is -0.150. The Balaban J connectivity index is 2.11. The normalized spacial score (nSPS) is 24.0. The zero-order valence-electron chi connectivity index (χ0n) is 14.4. The van der Waals surface area contributed by atoms with Crippen LogP contribution in [-0.4, -0.2) is 36.1 Å². The van der Waals surface area contributed by atoms with E-state index in [1.165, 1.54) is 0 Å². The molecule has 1 amide bonds. The van der Waals surface area contributed by atoms with Gasteiger partial charge in [0.25, 0.3) is 0 Å².